The first-order valence-corrected chi connectivity index (χ1v) is 7.69. The van der Waals surface area contributed by atoms with Gasteiger partial charge >= 0.3 is 0 Å². The predicted octanol–water partition coefficient (Wildman–Crippen LogP) is 3.83. The zero-order valence-electron chi connectivity index (χ0n) is 14.1. The molecule has 0 atom stereocenters. The first-order chi connectivity index (χ1) is 9.29. The fourth-order valence-corrected chi connectivity index (χ4v) is 2.05. The molecule has 0 aromatic carbocycles. The van der Waals surface area contributed by atoms with E-state index in [1.807, 2.05) is 0 Å². The molecular weight excluding hydrogens is 248 g/mol. The summed E-state index contributed by atoms with van der Waals surface area (Å²) in [4.78, 5) is 11.7. The molecule has 20 heavy (non-hydrogen) atoms. The largest absolute Gasteiger partial charge is 0.370 e. The summed E-state index contributed by atoms with van der Waals surface area (Å²) >= 11 is 0. The smallest absolute Gasteiger partial charge is 0.138 e. The Hall–Kier alpha value is -1.32. The van der Waals surface area contributed by atoms with Crippen molar-refractivity contribution in [3.8, 4) is 0 Å². The second kappa shape index (κ2) is 6.91. The van der Waals surface area contributed by atoms with Crippen molar-refractivity contribution in [3.63, 3.8) is 0 Å². The lowest BCUT2D eigenvalue weighted by atomic mass is 9.95. The average molecular weight is 278 g/mol. The summed E-state index contributed by atoms with van der Waals surface area (Å²) in [5, 5.41) is 3.39. The third kappa shape index (κ3) is 4.36. The Balaban J connectivity index is 3.22. The van der Waals surface area contributed by atoms with E-state index in [-0.39, 0.29) is 5.41 Å². The molecule has 0 spiro atoms. The Labute approximate surface area is 124 Å². The molecule has 0 aliphatic rings. The fraction of sp³-hybridized carbons (Fsp3) is 0.750. The molecule has 1 aromatic rings. The van der Waals surface area contributed by atoms with Gasteiger partial charge in [-0.1, -0.05) is 27.7 Å². The van der Waals surface area contributed by atoms with Crippen molar-refractivity contribution in [2.45, 2.75) is 66.3 Å². The van der Waals surface area contributed by atoms with Crippen LogP contribution in [0.1, 0.15) is 60.7 Å². The summed E-state index contributed by atoms with van der Waals surface area (Å²) in [5.74, 6) is 2.84. The Kier molecular flexibility index (Phi) is 5.78. The number of anilines is 2. The highest BCUT2D eigenvalue weighted by atomic mass is 15.2. The topological polar surface area (TPSA) is 41.0 Å². The second-order valence-electron chi connectivity index (χ2n) is 6.49. The maximum atomic E-state index is 4.78. The maximum absolute atomic E-state index is 4.78. The lowest BCUT2D eigenvalue weighted by Crippen LogP contribution is -2.32. The normalized spacial score (nSPS) is 11.8. The van der Waals surface area contributed by atoms with Crippen molar-refractivity contribution in [2.75, 3.05) is 23.3 Å². The van der Waals surface area contributed by atoms with Crippen LogP contribution >= 0.6 is 0 Å². The minimum atomic E-state index is -0.0466. The van der Waals surface area contributed by atoms with Gasteiger partial charge in [0, 0.05) is 30.6 Å². The van der Waals surface area contributed by atoms with Crippen molar-refractivity contribution in [1.82, 2.24) is 9.97 Å². The molecule has 0 saturated heterocycles. The van der Waals surface area contributed by atoms with E-state index in [1.165, 1.54) is 0 Å². The van der Waals surface area contributed by atoms with Crippen LogP contribution in [0.25, 0.3) is 0 Å². The summed E-state index contributed by atoms with van der Waals surface area (Å²) in [6.07, 6.45) is 1.09. The predicted molar refractivity (Wildman–Crippen MR) is 87.7 cm³/mol. The summed E-state index contributed by atoms with van der Waals surface area (Å²) in [5.41, 5.74) is -0.0466. The van der Waals surface area contributed by atoms with E-state index < -0.39 is 0 Å². The second-order valence-corrected chi connectivity index (χ2v) is 6.49. The van der Waals surface area contributed by atoms with E-state index in [9.17, 15) is 0 Å². The summed E-state index contributed by atoms with van der Waals surface area (Å²) in [6.45, 7) is 17.1. The van der Waals surface area contributed by atoms with Gasteiger partial charge in [-0.2, -0.15) is 0 Å². The Bertz CT molecular complexity index is 421. The van der Waals surface area contributed by atoms with Gasteiger partial charge in [0.2, 0.25) is 0 Å². The lowest BCUT2D eigenvalue weighted by molar-refractivity contribution is 0.543. The van der Waals surface area contributed by atoms with E-state index >= 15 is 0 Å². The molecule has 0 aliphatic heterocycles. The third-order valence-corrected chi connectivity index (χ3v) is 3.20. The number of aromatic nitrogens is 2. The quantitative estimate of drug-likeness (QED) is 0.858. The molecule has 0 saturated carbocycles. The standard InChI is InChI=1S/C16H30N4/c1-8-10-17-13-11-14(20(9-2)12(3)4)19-15(18-13)16(5,6)7/h11-12H,8-10H2,1-7H3,(H,17,18,19). The van der Waals surface area contributed by atoms with Crippen molar-refractivity contribution in [3.05, 3.63) is 11.9 Å². The van der Waals surface area contributed by atoms with E-state index in [0.29, 0.717) is 6.04 Å². The number of nitrogens with one attached hydrogen (secondary N) is 1. The lowest BCUT2D eigenvalue weighted by Gasteiger charge is -2.28. The van der Waals surface area contributed by atoms with Crippen LogP contribution < -0.4 is 10.2 Å². The van der Waals surface area contributed by atoms with Crippen LogP contribution in [0.15, 0.2) is 6.07 Å². The molecule has 0 bridgehead atoms. The maximum Gasteiger partial charge on any atom is 0.138 e. The number of hydrogen-bond donors (Lipinski definition) is 1. The van der Waals surface area contributed by atoms with Crippen LogP contribution in [-0.2, 0) is 5.41 Å². The van der Waals surface area contributed by atoms with Gasteiger partial charge < -0.3 is 10.2 Å². The fourth-order valence-electron chi connectivity index (χ4n) is 2.05. The van der Waals surface area contributed by atoms with Gasteiger partial charge in [-0.25, -0.2) is 9.97 Å². The van der Waals surface area contributed by atoms with Crippen molar-refractivity contribution < 1.29 is 0 Å². The molecule has 0 unspecified atom stereocenters. The molecular formula is C16H30N4. The van der Waals surface area contributed by atoms with Gasteiger partial charge in [-0.15, -0.1) is 0 Å². The third-order valence-electron chi connectivity index (χ3n) is 3.20. The van der Waals surface area contributed by atoms with Gasteiger partial charge in [0.25, 0.3) is 0 Å². The van der Waals surface area contributed by atoms with Gasteiger partial charge in [0.15, 0.2) is 0 Å². The molecule has 4 nitrogen and oxygen atoms in total. The highest BCUT2D eigenvalue weighted by Gasteiger charge is 2.21. The minimum Gasteiger partial charge on any atom is -0.370 e. The minimum absolute atomic E-state index is 0.0466. The Morgan fingerprint density at radius 2 is 1.85 bits per heavy atom. The zero-order valence-corrected chi connectivity index (χ0v) is 14.1. The summed E-state index contributed by atoms with van der Waals surface area (Å²) < 4.78 is 0. The van der Waals surface area contributed by atoms with Gasteiger partial charge in [0.1, 0.15) is 17.5 Å². The first-order valence-electron chi connectivity index (χ1n) is 7.69. The molecule has 0 radical (unpaired) electrons. The average Bonchev–Trinajstić information content (AvgIpc) is 2.35. The molecule has 0 fully saturated rings. The Morgan fingerprint density at radius 3 is 2.30 bits per heavy atom. The van der Waals surface area contributed by atoms with E-state index in [4.69, 9.17) is 4.98 Å². The molecule has 0 amide bonds. The molecule has 1 aromatic heterocycles. The molecule has 1 rings (SSSR count). The van der Waals surface area contributed by atoms with Gasteiger partial charge in [-0.3, -0.25) is 0 Å². The van der Waals surface area contributed by atoms with Crippen LogP contribution in [0.4, 0.5) is 11.6 Å². The van der Waals surface area contributed by atoms with E-state index in [2.05, 4.69) is 69.7 Å². The molecule has 4 heteroatoms. The highest BCUT2D eigenvalue weighted by Crippen LogP contribution is 2.25. The van der Waals surface area contributed by atoms with Crippen LogP contribution in [0.2, 0.25) is 0 Å². The molecule has 0 aliphatic carbocycles. The SMILES string of the molecule is CCCNc1cc(N(CC)C(C)C)nc(C(C)(C)C)n1. The van der Waals surface area contributed by atoms with E-state index in [0.717, 1.165) is 37.0 Å². The van der Waals surface area contributed by atoms with Crippen LogP contribution in [0, 0.1) is 0 Å². The zero-order chi connectivity index (χ0) is 15.3. The van der Waals surface area contributed by atoms with Crippen LogP contribution in [-0.4, -0.2) is 29.1 Å². The Morgan fingerprint density at radius 1 is 1.20 bits per heavy atom. The number of rotatable bonds is 6. The summed E-state index contributed by atoms with van der Waals surface area (Å²) in [7, 11) is 0. The monoisotopic (exact) mass is 278 g/mol. The van der Waals surface area contributed by atoms with Crippen molar-refractivity contribution >= 4 is 11.6 Å². The first kappa shape index (κ1) is 16.7. The van der Waals surface area contributed by atoms with Crippen molar-refractivity contribution in [2.24, 2.45) is 0 Å². The van der Waals surface area contributed by atoms with Gasteiger partial charge in [-0.05, 0) is 27.2 Å². The number of nitrogens with zero attached hydrogens (tertiary/aromatic N) is 3. The highest BCUT2D eigenvalue weighted by molar-refractivity contribution is 5.50. The molecule has 1 heterocycles. The van der Waals surface area contributed by atoms with Crippen LogP contribution in [0.3, 0.4) is 0 Å². The molecule has 114 valence electrons. The summed E-state index contributed by atoms with van der Waals surface area (Å²) in [6, 6.07) is 2.50. The van der Waals surface area contributed by atoms with Crippen LogP contribution in [0.5, 0.6) is 0 Å². The van der Waals surface area contributed by atoms with Crippen molar-refractivity contribution in [1.29, 1.82) is 0 Å². The van der Waals surface area contributed by atoms with Gasteiger partial charge in [0.05, 0.1) is 0 Å². The number of hydrogen-bond acceptors (Lipinski definition) is 4. The molecule has 1 N–H and O–H groups in total. The van der Waals surface area contributed by atoms with E-state index in [1.54, 1.807) is 0 Å².